The van der Waals surface area contributed by atoms with Gasteiger partial charge >= 0.3 is 0 Å². The zero-order valence-corrected chi connectivity index (χ0v) is 10.8. The predicted octanol–water partition coefficient (Wildman–Crippen LogP) is 1.16. The maximum absolute atomic E-state index is 12.1. The molecule has 0 aliphatic rings. The first-order chi connectivity index (χ1) is 8.58. The lowest BCUT2D eigenvalue weighted by Crippen LogP contribution is -2.13. The van der Waals surface area contributed by atoms with E-state index in [-0.39, 0.29) is 11.7 Å². The molecule has 0 saturated carbocycles. The first-order valence-electron chi connectivity index (χ1n) is 5.27. The third-order valence-electron chi connectivity index (χ3n) is 2.19. The van der Waals surface area contributed by atoms with Crippen molar-refractivity contribution in [1.29, 1.82) is 0 Å². The van der Waals surface area contributed by atoms with Crippen molar-refractivity contribution in [3.05, 3.63) is 45.7 Å². The van der Waals surface area contributed by atoms with Gasteiger partial charge in [-0.1, -0.05) is 41.7 Å². The van der Waals surface area contributed by atoms with Gasteiger partial charge in [-0.3, -0.25) is 9.59 Å². The molecule has 0 spiro atoms. The Bertz CT molecular complexity index is 655. The molecule has 0 atom stereocenters. The van der Waals surface area contributed by atoms with Crippen LogP contribution in [0.2, 0.25) is 0 Å². The van der Waals surface area contributed by atoms with E-state index in [1.165, 1.54) is 11.6 Å². The van der Waals surface area contributed by atoms with Crippen LogP contribution in [0.3, 0.4) is 0 Å². The molecule has 2 aromatic rings. The molecule has 18 heavy (non-hydrogen) atoms. The fraction of sp³-hybridized carbons (Fsp3) is 0.167. The van der Waals surface area contributed by atoms with Crippen LogP contribution < -0.4 is 4.80 Å². The van der Waals surface area contributed by atoms with E-state index in [4.69, 9.17) is 0 Å². The predicted molar refractivity (Wildman–Crippen MR) is 67.2 cm³/mol. The molecule has 0 unspecified atom stereocenters. The van der Waals surface area contributed by atoms with Gasteiger partial charge in [-0.05, 0) is 0 Å². The summed E-state index contributed by atoms with van der Waals surface area (Å²) < 4.78 is 1.43. The fourth-order valence-electron chi connectivity index (χ4n) is 1.39. The molecule has 0 bridgehead atoms. The van der Waals surface area contributed by atoms with E-state index in [1.54, 1.807) is 31.3 Å². The SMILES string of the molecule is CC(=O)N=c1sc(C(=O)c2ccccc2)nn1C. The summed E-state index contributed by atoms with van der Waals surface area (Å²) in [6, 6.07) is 8.88. The van der Waals surface area contributed by atoms with Crippen molar-refractivity contribution in [2.75, 3.05) is 0 Å². The van der Waals surface area contributed by atoms with Gasteiger partial charge in [0.15, 0.2) is 5.01 Å². The molecular formula is C12H11N3O2S. The van der Waals surface area contributed by atoms with Gasteiger partial charge in [-0.25, -0.2) is 4.68 Å². The number of ketones is 1. The third kappa shape index (κ3) is 2.60. The average Bonchev–Trinajstić information content (AvgIpc) is 2.70. The number of amides is 1. The van der Waals surface area contributed by atoms with Gasteiger partial charge in [0, 0.05) is 19.5 Å². The first-order valence-corrected chi connectivity index (χ1v) is 6.09. The maximum Gasteiger partial charge on any atom is 0.245 e. The molecule has 5 nitrogen and oxygen atoms in total. The van der Waals surface area contributed by atoms with E-state index < -0.39 is 0 Å². The van der Waals surface area contributed by atoms with Crippen molar-refractivity contribution < 1.29 is 9.59 Å². The zero-order chi connectivity index (χ0) is 13.1. The van der Waals surface area contributed by atoms with E-state index in [0.29, 0.717) is 15.4 Å². The number of rotatable bonds is 2. The molecule has 1 aromatic carbocycles. The minimum atomic E-state index is -0.312. The minimum absolute atomic E-state index is 0.166. The van der Waals surface area contributed by atoms with E-state index in [9.17, 15) is 9.59 Å². The smallest absolute Gasteiger partial charge is 0.245 e. The molecule has 92 valence electrons. The zero-order valence-electron chi connectivity index (χ0n) is 9.95. The van der Waals surface area contributed by atoms with E-state index >= 15 is 0 Å². The second-order valence-corrected chi connectivity index (χ2v) is 4.60. The number of carbonyl (C=O) groups excluding carboxylic acids is 2. The van der Waals surface area contributed by atoms with Crippen molar-refractivity contribution in [2.45, 2.75) is 6.92 Å². The van der Waals surface area contributed by atoms with Crippen molar-refractivity contribution in [1.82, 2.24) is 9.78 Å². The summed E-state index contributed by atoms with van der Waals surface area (Å²) in [5.41, 5.74) is 0.571. The molecule has 0 aliphatic heterocycles. The summed E-state index contributed by atoms with van der Waals surface area (Å²) in [5.74, 6) is -0.478. The number of hydrogen-bond donors (Lipinski definition) is 0. The lowest BCUT2D eigenvalue weighted by molar-refractivity contribution is -0.116. The summed E-state index contributed by atoms with van der Waals surface area (Å²) >= 11 is 1.11. The Morgan fingerprint density at radius 2 is 1.94 bits per heavy atom. The largest absolute Gasteiger partial charge is 0.286 e. The van der Waals surface area contributed by atoms with Crippen LogP contribution in [-0.4, -0.2) is 21.5 Å². The molecule has 0 aliphatic carbocycles. The number of benzene rings is 1. The van der Waals surface area contributed by atoms with Crippen molar-refractivity contribution >= 4 is 23.0 Å². The standard InChI is InChI=1S/C12H11N3O2S/c1-8(16)13-12-15(2)14-11(18-12)10(17)9-6-4-3-5-7-9/h3-7H,1-2H3. The highest BCUT2D eigenvalue weighted by atomic mass is 32.1. The molecule has 1 aromatic heterocycles. The molecule has 6 heteroatoms. The maximum atomic E-state index is 12.1. The van der Waals surface area contributed by atoms with Crippen molar-refractivity contribution in [3.63, 3.8) is 0 Å². The fourth-order valence-corrected chi connectivity index (χ4v) is 2.28. The van der Waals surface area contributed by atoms with Gasteiger partial charge in [0.1, 0.15) is 0 Å². The van der Waals surface area contributed by atoms with Gasteiger partial charge in [0.25, 0.3) is 0 Å². The summed E-state index contributed by atoms with van der Waals surface area (Å²) in [7, 11) is 1.65. The lowest BCUT2D eigenvalue weighted by Gasteiger charge is -1.94. The van der Waals surface area contributed by atoms with Crippen LogP contribution in [0.15, 0.2) is 35.3 Å². The van der Waals surface area contributed by atoms with Gasteiger partial charge in [-0.2, -0.15) is 10.1 Å². The van der Waals surface area contributed by atoms with Gasteiger partial charge < -0.3 is 0 Å². The van der Waals surface area contributed by atoms with E-state index in [1.807, 2.05) is 6.07 Å². The third-order valence-corrected chi connectivity index (χ3v) is 3.19. The molecule has 0 fully saturated rings. The molecule has 0 radical (unpaired) electrons. The monoisotopic (exact) mass is 261 g/mol. The Kier molecular flexibility index (Phi) is 3.47. The minimum Gasteiger partial charge on any atom is -0.286 e. The molecule has 0 N–H and O–H groups in total. The Labute approximate surface area is 107 Å². The summed E-state index contributed by atoms with van der Waals surface area (Å²) in [6.45, 7) is 1.36. The Hall–Kier alpha value is -2.08. The van der Waals surface area contributed by atoms with Crippen LogP contribution in [0.5, 0.6) is 0 Å². The Morgan fingerprint density at radius 3 is 2.56 bits per heavy atom. The summed E-state index contributed by atoms with van der Waals surface area (Å²) in [5, 5.41) is 4.40. The van der Waals surface area contributed by atoms with Crippen LogP contribution in [0, 0.1) is 0 Å². The molecule has 1 heterocycles. The van der Waals surface area contributed by atoms with Crippen LogP contribution >= 0.6 is 11.3 Å². The van der Waals surface area contributed by atoms with Crippen molar-refractivity contribution in [3.8, 4) is 0 Å². The van der Waals surface area contributed by atoms with Crippen LogP contribution in [0.4, 0.5) is 0 Å². The van der Waals surface area contributed by atoms with Gasteiger partial charge in [0.2, 0.25) is 16.5 Å². The van der Waals surface area contributed by atoms with Crippen LogP contribution in [0.25, 0.3) is 0 Å². The molecule has 0 saturated heterocycles. The Balaban J connectivity index is 2.42. The number of aromatic nitrogens is 2. The quantitative estimate of drug-likeness (QED) is 0.762. The number of hydrogen-bond acceptors (Lipinski definition) is 4. The Morgan fingerprint density at radius 1 is 1.28 bits per heavy atom. The lowest BCUT2D eigenvalue weighted by atomic mass is 10.1. The summed E-state index contributed by atoms with van der Waals surface area (Å²) in [4.78, 5) is 27.2. The summed E-state index contributed by atoms with van der Waals surface area (Å²) in [6.07, 6.45) is 0. The van der Waals surface area contributed by atoms with Crippen LogP contribution in [0.1, 0.15) is 22.3 Å². The average molecular weight is 261 g/mol. The first kappa shape index (κ1) is 12.4. The van der Waals surface area contributed by atoms with Crippen molar-refractivity contribution in [2.24, 2.45) is 12.0 Å². The highest BCUT2D eigenvalue weighted by molar-refractivity contribution is 7.11. The second-order valence-electron chi connectivity index (χ2n) is 3.64. The van der Waals surface area contributed by atoms with Gasteiger partial charge in [-0.15, -0.1) is 0 Å². The second kappa shape index (κ2) is 5.05. The number of carbonyl (C=O) groups is 2. The van der Waals surface area contributed by atoms with E-state index in [0.717, 1.165) is 11.3 Å². The number of aryl methyl sites for hydroxylation is 1. The molecule has 1 amide bonds. The van der Waals surface area contributed by atoms with Gasteiger partial charge in [0.05, 0.1) is 0 Å². The molecular weight excluding hydrogens is 250 g/mol. The normalized spacial score (nSPS) is 11.6. The molecule has 2 rings (SSSR count). The topological polar surface area (TPSA) is 64.3 Å². The number of nitrogens with zero attached hydrogens (tertiary/aromatic N) is 3. The van der Waals surface area contributed by atoms with Crippen LogP contribution in [-0.2, 0) is 11.8 Å². The highest BCUT2D eigenvalue weighted by Gasteiger charge is 2.14. The van der Waals surface area contributed by atoms with E-state index in [2.05, 4.69) is 10.1 Å². The highest BCUT2D eigenvalue weighted by Crippen LogP contribution is 2.08.